The van der Waals surface area contributed by atoms with Gasteiger partial charge in [-0.2, -0.15) is 17.7 Å². The third-order valence-electron chi connectivity index (χ3n) is 5.47. The molecule has 2 N–H and O–H groups in total. The van der Waals surface area contributed by atoms with Gasteiger partial charge < -0.3 is 19.8 Å². The average molecular weight is 470 g/mol. The normalized spacial score (nSPS) is 12.6. The van der Waals surface area contributed by atoms with Crippen LogP contribution in [0.25, 0.3) is 33.4 Å². The van der Waals surface area contributed by atoms with E-state index in [1.165, 1.54) is 11.6 Å². The third kappa shape index (κ3) is 4.54. The smallest absolute Gasteiger partial charge is 0.456 e. The molecule has 0 saturated heterocycles. The third-order valence-corrected chi connectivity index (χ3v) is 5.47. The number of fused-ring (bicyclic) bond motifs is 2. The van der Waals surface area contributed by atoms with Crippen LogP contribution in [-0.2, 0) is 9.53 Å². The van der Waals surface area contributed by atoms with Crippen molar-refractivity contribution in [2.75, 3.05) is 38.5 Å². The molecule has 4 rings (SSSR count). The predicted octanol–water partition coefficient (Wildman–Crippen LogP) is 4.32. The Morgan fingerprint density at radius 1 is 1.06 bits per heavy atom. The van der Waals surface area contributed by atoms with E-state index in [1.54, 1.807) is 12.1 Å². The van der Waals surface area contributed by atoms with Gasteiger partial charge in [0.1, 0.15) is 18.4 Å². The number of ether oxygens (including phenoxy) is 1. The van der Waals surface area contributed by atoms with E-state index < -0.39 is 18.9 Å². The maximum absolute atomic E-state index is 12.5. The minimum absolute atomic E-state index is 0.526. The summed E-state index contributed by atoms with van der Waals surface area (Å²) in [6.07, 6.45) is -5.05. The first-order valence-corrected chi connectivity index (χ1v) is 10.4. The number of rotatable bonds is 4. The van der Waals surface area contributed by atoms with Crippen molar-refractivity contribution in [3.8, 4) is 22.5 Å². The molecule has 0 spiro atoms. The maximum Gasteiger partial charge on any atom is 0.491 e. The molecule has 9 heteroatoms. The Hall–Kier alpha value is -4.01. The van der Waals surface area contributed by atoms with Crippen LogP contribution in [0, 0.1) is 0 Å². The van der Waals surface area contributed by atoms with E-state index in [4.69, 9.17) is 10.2 Å². The zero-order valence-electron chi connectivity index (χ0n) is 18.8. The minimum atomic E-state index is -5.05. The molecule has 1 heterocycles. The van der Waals surface area contributed by atoms with Crippen LogP contribution in [0.1, 0.15) is 0 Å². The van der Waals surface area contributed by atoms with Crippen LogP contribution in [-0.4, -0.2) is 40.0 Å². The Morgan fingerprint density at radius 3 is 2.41 bits per heavy atom. The monoisotopic (exact) mass is 470 g/mol. The molecule has 0 radical (unpaired) electrons. The van der Waals surface area contributed by atoms with Gasteiger partial charge in [0.2, 0.25) is 5.36 Å². The van der Waals surface area contributed by atoms with Gasteiger partial charge in [0.25, 0.3) is 6.73 Å². The number of benzene rings is 3. The second-order valence-electron chi connectivity index (χ2n) is 8.11. The van der Waals surface area contributed by atoms with E-state index in [1.807, 2.05) is 67.5 Å². The number of hydrogen-bond donors (Lipinski definition) is 1. The number of carbonyl (C=O) groups excluding carboxylic acids is 1. The summed E-state index contributed by atoms with van der Waals surface area (Å²) in [5, 5.41) is 1.43. The lowest BCUT2D eigenvalue weighted by Crippen LogP contribution is -2.33. The molecule has 0 atom stereocenters. The summed E-state index contributed by atoms with van der Waals surface area (Å²) in [4.78, 5) is 13.0. The molecule has 2 aliphatic rings. The maximum atomic E-state index is 12.5. The molecule has 1 aliphatic heterocycles. The highest BCUT2D eigenvalue weighted by atomic mass is 19.4. The van der Waals surface area contributed by atoms with Gasteiger partial charge in [-0.15, -0.1) is 0 Å². The van der Waals surface area contributed by atoms with Crippen LogP contribution in [0.3, 0.4) is 0 Å². The standard InChI is InChI=1S/C25H22F3N3O3/c1-30(2)17-8-10-19-21(12-17)34-22-13-18(31(3)14-33-24(32)25(26,27)28)9-11-20(22)23(19)15-4-6-16(29)7-5-15/h4-13,29H,14H2,1-3H3/p+1. The fourth-order valence-corrected chi connectivity index (χ4v) is 3.66. The average Bonchev–Trinajstić information content (AvgIpc) is 2.80. The van der Waals surface area contributed by atoms with Gasteiger partial charge in [-0.05, 0) is 35.9 Å². The van der Waals surface area contributed by atoms with Crippen molar-refractivity contribution in [1.29, 1.82) is 0 Å². The van der Waals surface area contributed by atoms with Crippen molar-refractivity contribution in [1.82, 2.24) is 4.58 Å². The zero-order valence-corrected chi connectivity index (χ0v) is 18.8. The van der Waals surface area contributed by atoms with Crippen molar-refractivity contribution < 1.29 is 27.1 Å². The summed E-state index contributed by atoms with van der Waals surface area (Å²) < 4.78 is 49.4. The van der Waals surface area contributed by atoms with Crippen molar-refractivity contribution >= 4 is 28.3 Å². The van der Waals surface area contributed by atoms with Crippen LogP contribution >= 0.6 is 0 Å². The molecule has 2 aromatic carbocycles. The van der Waals surface area contributed by atoms with Crippen LogP contribution in [0.5, 0.6) is 0 Å². The molecule has 34 heavy (non-hydrogen) atoms. The van der Waals surface area contributed by atoms with E-state index in [2.05, 4.69) is 4.74 Å². The fraction of sp³-hybridized carbons (Fsp3) is 0.200. The van der Waals surface area contributed by atoms with E-state index in [9.17, 15) is 18.0 Å². The molecular formula is C25H23F3N3O3+. The second kappa shape index (κ2) is 8.74. The number of halogens is 3. The van der Waals surface area contributed by atoms with Crippen LogP contribution < -0.4 is 20.6 Å². The first-order valence-electron chi connectivity index (χ1n) is 10.4. The Labute approximate surface area is 193 Å². The molecule has 0 unspecified atom stereocenters. The first-order chi connectivity index (χ1) is 16.0. The number of nitrogen functional groups attached to an aromatic ring is 1. The number of alkyl halides is 3. The van der Waals surface area contributed by atoms with Crippen molar-refractivity contribution in [2.24, 2.45) is 0 Å². The molecule has 1 aliphatic carbocycles. The Balaban J connectivity index is 1.91. The lowest BCUT2D eigenvalue weighted by atomic mass is 9.93. The Morgan fingerprint density at radius 2 is 1.76 bits per heavy atom. The highest BCUT2D eigenvalue weighted by Gasteiger charge is 2.41. The second-order valence-corrected chi connectivity index (χ2v) is 8.11. The first kappa shape index (κ1) is 23.2. The van der Waals surface area contributed by atoms with Gasteiger partial charge in [0, 0.05) is 54.1 Å². The molecule has 176 valence electrons. The summed E-state index contributed by atoms with van der Waals surface area (Å²) in [6.45, 7) is -0.562. The largest absolute Gasteiger partial charge is 0.491 e. The van der Waals surface area contributed by atoms with Gasteiger partial charge >= 0.3 is 12.1 Å². The number of anilines is 2. The summed E-state index contributed by atoms with van der Waals surface area (Å²) >= 11 is 0. The van der Waals surface area contributed by atoms with Crippen LogP contribution in [0.4, 0.5) is 24.5 Å². The van der Waals surface area contributed by atoms with Gasteiger partial charge in [0.05, 0.1) is 6.07 Å². The SMILES string of the molecule is CN(C)c1ccc2c(-c3ccc(N)cc3)c3ccc(=[N+](C)COC(=O)C(F)(F)F)cc-3oc2c1. The van der Waals surface area contributed by atoms with Crippen molar-refractivity contribution in [3.05, 3.63) is 66.0 Å². The molecule has 0 bridgehead atoms. The lowest BCUT2D eigenvalue weighted by molar-refractivity contribution is -0.200. The lowest BCUT2D eigenvalue weighted by Gasteiger charge is -2.18. The molecular weight excluding hydrogens is 447 g/mol. The highest BCUT2D eigenvalue weighted by molar-refractivity contribution is 6.02. The number of hydrogen-bond acceptors (Lipinski definition) is 5. The van der Waals surface area contributed by atoms with Gasteiger partial charge in [-0.1, -0.05) is 12.1 Å². The summed E-state index contributed by atoms with van der Waals surface area (Å²) in [5.74, 6) is -1.71. The molecule has 0 fully saturated rings. The molecule has 0 aromatic heterocycles. The van der Waals surface area contributed by atoms with E-state index in [0.717, 1.165) is 27.8 Å². The zero-order chi connectivity index (χ0) is 24.6. The molecule has 2 aromatic rings. The summed E-state index contributed by atoms with van der Waals surface area (Å²) in [5.41, 5.74) is 10.8. The number of carbonyl (C=O) groups is 1. The van der Waals surface area contributed by atoms with E-state index in [-0.39, 0.29) is 0 Å². The highest BCUT2D eigenvalue weighted by Crippen LogP contribution is 2.40. The van der Waals surface area contributed by atoms with Gasteiger partial charge in [-0.25, -0.2) is 4.79 Å². The summed E-state index contributed by atoms with van der Waals surface area (Å²) in [6, 6.07) is 18.7. The summed E-state index contributed by atoms with van der Waals surface area (Å²) in [7, 11) is 5.38. The fourth-order valence-electron chi connectivity index (χ4n) is 3.66. The predicted molar refractivity (Wildman–Crippen MR) is 125 cm³/mol. The molecule has 0 saturated carbocycles. The van der Waals surface area contributed by atoms with Crippen molar-refractivity contribution in [2.45, 2.75) is 6.18 Å². The number of nitrogens with two attached hydrogens (primary N) is 1. The molecule has 6 nitrogen and oxygen atoms in total. The van der Waals surface area contributed by atoms with Crippen LogP contribution in [0.2, 0.25) is 0 Å². The van der Waals surface area contributed by atoms with Gasteiger partial charge in [0.15, 0.2) is 0 Å². The Kier molecular flexibility index (Phi) is 5.95. The number of nitrogens with zero attached hydrogens (tertiary/aromatic N) is 2. The van der Waals surface area contributed by atoms with Crippen LogP contribution in [0.15, 0.2) is 65.1 Å². The number of esters is 1. The van der Waals surface area contributed by atoms with Gasteiger partial charge in [-0.3, -0.25) is 0 Å². The Bertz CT molecular complexity index is 1410. The van der Waals surface area contributed by atoms with E-state index in [0.29, 0.717) is 22.4 Å². The quantitative estimate of drug-likeness (QED) is 0.158. The van der Waals surface area contributed by atoms with E-state index >= 15 is 0 Å². The van der Waals surface area contributed by atoms with Crippen molar-refractivity contribution in [3.63, 3.8) is 0 Å². The molecule has 0 amide bonds. The topological polar surface area (TPSA) is 71.7 Å². The minimum Gasteiger partial charge on any atom is -0.456 e.